The van der Waals surface area contributed by atoms with Crippen LogP contribution < -0.4 is 5.32 Å². The van der Waals surface area contributed by atoms with E-state index in [0.29, 0.717) is 12.4 Å². The summed E-state index contributed by atoms with van der Waals surface area (Å²) in [5.41, 5.74) is 2.86. The highest BCUT2D eigenvalue weighted by Gasteiger charge is 2.05. The molecule has 0 bridgehead atoms. The largest absolute Gasteiger partial charge is 0.364 e. The number of hydrogen-bond donors (Lipinski definition) is 1. The second-order valence-corrected chi connectivity index (χ2v) is 5.18. The van der Waals surface area contributed by atoms with Crippen LogP contribution >= 0.6 is 38.9 Å². The van der Waals surface area contributed by atoms with Gasteiger partial charge in [-0.1, -0.05) is 0 Å². The third-order valence-electron chi connectivity index (χ3n) is 1.98. The highest BCUT2D eigenvalue weighted by molar-refractivity contribution is 9.10. The zero-order valence-corrected chi connectivity index (χ0v) is 11.5. The molecule has 0 amide bonds. The fourth-order valence-corrected chi connectivity index (χ4v) is 2.31. The maximum absolute atomic E-state index is 5.72. The van der Waals surface area contributed by atoms with Gasteiger partial charge in [0.2, 0.25) is 5.28 Å². The second-order valence-electron chi connectivity index (χ2n) is 3.05. The molecular weight excluding hydrogens is 312 g/mol. The predicted molar refractivity (Wildman–Crippen MR) is 68.9 cm³/mol. The van der Waals surface area contributed by atoms with E-state index < -0.39 is 0 Å². The summed E-state index contributed by atoms with van der Waals surface area (Å²) in [6.07, 6.45) is 1.62. The van der Waals surface area contributed by atoms with Crippen LogP contribution in [0.2, 0.25) is 5.28 Å². The Morgan fingerprint density at radius 3 is 3.00 bits per heavy atom. The highest BCUT2D eigenvalue weighted by Crippen LogP contribution is 2.22. The van der Waals surface area contributed by atoms with Gasteiger partial charge in [-0.15, -0.1) is 11.3 Å². The van der Waals surface area contributed by atoms with E-state index in [4.69, 9.17) is 11.6 Å². The SMILES string of the molecule is Cc1ncsc1CNc1nc(Cl)ncc1Br. The van der Waals surface area contributed by atoms with Gasteiger partial charge in [-0.25, -0.2) is 9.97 Å². The van der Waals surface area contributed by atoms with Crippen molar-refractivity contribution < 1.29 is 0 Å². The third-order valence-corrected chi connectivity index (χ3v) is 3.67. The monoisotopic (exact) mass is 318 g/mol. The van der Waals surface area contributed by atoms with E-state index in [1.807, 2.05) is 12.4 Å². The van der Waals surface area contributed by atoms with Crippen molar-refractivity contribution in [1.82, 2.24) is 15.0 Å². The van der Waals surface area contributed by atoms with E-state index in [9.17, 15) is 0 Å². The lowest BCUT2D eigenvalue weighted by Gasteiger charge is -2.06. The second kappa shape index (κ2) is 5.07. The molecule has 84 valence electrons. The Morgan fingerprint density at radius 1 is 1.50 bits per heavy atom. The van der Waals surface area contributed by atoms with Gasteiger partial charge in [0.25, 0.3) is 0 Å². The molecule has 0 aliphatic carbocycles. The van der Waals surface area contributed by atoms with Crippen LogP contribution in [0.15, 0.2) is 16.2 Å². The summed E-state index contributed by atoms with van der Waals surface area (Å²) in [5.74, 6) is 0.688. The molecule has 0 aromatic carbocycles. The summed E-state index contributed by atoms with van der Waals surface area (Å²) in [6.45, 7) is 2.66. The van der Waals surface area contributed by atoms with Crippen LogP contribution in [0.3, 0.4) is 0 Å². The Labute approximate surface area is 110 Å². The van der Waals surface area contributed by atoms with E-state index in [1.54, 1.807) is 17.5 Å². The Kier molecular flexibility index (Phi) is 3.73. The first-order valence-corrected chi connectivity index (χ1v) is 6.53. The number of nitrogens with zero attached hydrogens (tertiary/aromatic N) is 3. The quantitative estimate of drug-likeness (QED) is 0.882. The van der Waals surface area contributed by atoms with Gasteiger partial charge < -0.3 is 5.32 Å². The van der Waals surface area contributed by atoms with E-state index >= 15 is 0 Å². The first-order chi connectivity index (χ1) is 7.66. The topological polar surface area (TPSA) is 50.7 Å². The summed E-state index contributed by atoms with van der Waals surface area (Å²) >= 11 is 10.7. The number of thiazole rings is 1. The number of anilines is 1. The maximum atomic E-state index is 5.72. The van der Waals surface area contributed by atoms with Crippen molar-refractivity contribution in [3.8, 4) is 0 Å². The molecule has 2 heterocycles. The average molecular weight is 320 g/mol. The van der Waals surface area contributed by atoms with Gasteiger partial charge in [0, 0.05) is 11.1 Å². The minimum absolute atomic E-state index is 0.228. The Balaban J connectivity index is 2.10. The van der Waals surface area contributed by atoms with Gasteiger partial charge >= 0.3 is 0 Å². The van der Waals surface area contributed by atoms with Crippen LogP contribution in [-0.4, -0.2) is 15.0 Å². The van der Waals surface area contributed by atoms with Crippen LogP contribution in [0.25, 0.3) is 0 Å². The third kappa shape index (κ3) is 2.69. The first-order valence-electron chi connectivity index (χ1n) is 4.47. The summed E-state index contributed by atoms with van der Waals surface area (Å²) in [4.78, 5) is 13.3. The lowest BCUT2D eigenvalue weighted by Crippen LogP contribution is -2.02. The van der Waals surface area contributed by atoms with E-state index in [1.165, 1.54) is 4.88 Å². The van der Waals surface area contributed by atoms with Crippen LogP contribution in [0.5, 0.6) is 0 Å². The molecule has 2 aromatic rings. The molecule has 0 saturated heterocycles. The van der Waals surface area contributed by atoms with Gasteiger partial charge in [-0.05, 0) is 34.5 Å². The lowest BCUT2D eigenvalue weighted by molar-refractivity contribution is 1.07. The Bertz CT molecular complexity index is 502. The van der Waals surface area contributed by atoms with Crippen molar-refractivity contribution in [3.05, 3.63) is 32.0 Å². The summed E-state index contributed by atoms with van der Waals surface area (Å²) in [5, 5.41) is 3.41. The number of aryl methyl sites for hydroxylation is 1. The molecule has 0 fully saturated rings. The zero-order valence-electron chi connectivity index (χ0n) is 8.37. The Hall–Kier alpha value is -0.720. The van der Waals surface area contributed by atoms with Crippen molar-refractivity contribution in [2.45, 2.75) is 13.5 Å². The Morgan fingerprint density at radius 2 is 2.31 bits per heavy atom. The number of nitrogens with one attached hydrogen (secondary N) is 1. The van der Waals surface area contributed by atoms with Crippen LogP contribution in [0.4, 0.5) is 5.82 Å². The summed E-state index contributed by atoms with van der Waals surface area (Å²) < 4.78 is 0.791. The van der Waals surface area contributed by atoms with Gasteiger partial charge in [-0.2, -0.15) is 4.98 Å². The standard InChI is InChI=1S/C9H8BrClN4S/c1-5-7(16-4-14-5)3-12-8-6(10)2-13-9(11)15-8/h2,4H,3H2,1H3,(H,12,13,15). The van der Waals surface area contributed by atoms with Crippen molar-refractivity contribution >= 4 is 44.7 Å². The molecule has 16 heavy (non-hydrogen) atoms. The number of hydrogen-bond acceptors (Lipinski definition) is 5. The minimum atomic E-state index is 0.228. The number of aromatic nitrogens is 3. The summed E-state index contributed by atoms with van der Waals surface area (Å²) in [6, 6.07) is 0. The van der Waals surface area contributed by atoms with Crippen LogP contribution in [0, 0.1) is 6.92 Å². The van der Waals surface area contributed by atoms with E-state index in [2.05, 4.69) is 36.2 Å². The first kappa shape index (κ1) is 11.8. The smallest absolute Gasteiger partial charge is 0.224 e. The van der Waals surface area contributed by atoms with Crippen LogP contribution in [0.1, 0.15) is 10.6 Å². The number of rotatable bonds is 3. The van der Waals surface area contributed by atoms with Crippen molar-refractivity contribution in [2.24, 2.45) is 0 Å². The van der Waals surface area contributed by atoms with Gasteiger partial charge in [0.05, 0.1) is 22.2 Å². The molecule has 2 aromatic heterocycles. The molecule has 7 heteroatoms. The maximum Gasteiger partial charge on any atom is 0.224 e. The molecule has 0 spiro atoms. The molecule has 0 unspecified atom stereocenters. The van der Waals surface area contributed by atoms with Crippen molar-refractivity contribution in [1.29, 1.82) is 0 Å². The van der Waals surface area contributed by atoms with Gasteiger partial charge in [-0.3, -0.25) is 0 Å². The van der Waals surface area contributed by atoms with Crippen molar-refractivity contribution in [2.75, 3.05) is 5.32 Å². The molecule has 4 nitrogen and oxygen atoms in total. The highest BCUT2D eigenvalue weighted by atomic mass is 79.9. The van der Waals surface area contributed by atoms with Gasteiger partial charge in [0.15, 0.2) is 0 Å². The molecule has 1 N–H and O–H groups in total. The number of halogens is 2. The molecule has 0 saturated carbocycles. The fourth-order valence-electron chi connectivity index (χ4n) is 1.13. The van der Waals surface area contributed by atoms with Crippen molar-refractivity contribution in [3.63, 3.8) is 0 Å². The predicted octanol–water partition coefficient (Wildman–Crippen LogP) is 3.27. The zero-order chi connectivity index (χ0) is 11.5. The van der Waals surface area contributed by atoms with Crippen LogP contribution in [-0.2, 0) is 6.54 Å². The molecular formula is C9H8BrClN4S. The molecule has 2 rings (SSSR count). The van der Waals surface area contributed by atoms with E-state index in [-0.39, 0.29) is 5.28 Å². The van der Waals surface area contributed by atoms with E-state index in [0.717, 1.165) is 10.2 Å². The molecule has 0 radical (unpaired) electrons. The molecule has 0 aliphatic heterocycles. The average Bonchev–Trinajstić information content (AvgIpc) is 2.66. The fraction of sp³-hybridized carbons (Fsp3) is 0.222. The lowest BCUT2D eigenvalue weighted by atomic mass is 10.4. The molecule has 0 aliphatic rings. The minimum Gasteiger partial charge on any atom is -0.364 e. The summed E-state index contributed by atoms with van der Waals surface area (Å²) in [7, 11) is 0. The van der Waals surface area contributed by atoms with Gasteiger partial charge in [0.1, 0.15) is 5.82 Å². The molecule has 0 atom stereocenters. The normalized spacial score (nSPS) is 10.4.